The van der Waals surface area contributed by atoms with Gasteiger partial charge in [0.15, 0.2) is 0 Å². The Morgan fingerprint density at radius 1 is 1.12 bits per heavy atom. The van der Waals surface area contributed by atoms with E-state index in [1.807, 2.05) is 48.7 Å². The highest BCUT2D eigenvalue weighted by molar-refractivity contribution is 7.99. The van der Waals surface area contributed by atoms with Crippen molar-refractivity contribution in [2.45, 2.75) is 4.90 Å². The zero-order chi connectivity index (χ0) is 18.2. The van der Waals surface area contributed by atoms with Crippen LogP contribution < -0.4 is 10.2 Å². The number of hydrogen-bond donors (Lipinski definition) is 1. The number of hydrogen-bond acceptors (Lipinski definition) is 5. The fourth-order valence-corrected chi connectivity index (χ4v) is 3.72. The predicted octanol–water partition coefficient (Wildman–Crippen LogP) is 2.77. The number of piperazine rings is 1. The van der Waals surface area contributed by atoms with E-state index in [-0.39, 0.29) is 5.91 Å². The average Bonchev–Trinajstić information content (AvgIpc) is 2.68. The Morgan fingerprint density at radius 3 is 2.58 bits per heavy atom. The standard InChI is InChI=1S/C19H23ClN4OS/c20-16-4-6-17(7-5-16)26-14-9-22-19(25)15-23-10-12-24(13-11-23)18-3-1-2-8-21-18/h1-8H,9-15H2,(H,22,25). The minimum absolute atomic E-state index is 0.0907. The van der Waals surface area contributed by atoms with Crippen molar-refractivity contribution in [3.05, 3.63) is 53.7 Å². The van der Waals surface area contributed by atoms with Crippen LogP contribution >= 0.6 is 23.4 Å². The third kappa shape index (κ3) is 5.90. The summed E-state index contributed by atoms with van der Waals surface area (Å²) in [7, 11) is 0. The summed E-state index contributed by atoms with van der Waals surface area (Å²) in [5.41, 5.74) is 0. The molecule has 7 heteroatoms. The molecular weight excluding hydrogens is 368 g/mol. The van der Waals surface area contributed by atoms with Crippen molar-refractivity contribution in [3.8, 4) is 0 Å². The van der Waals surface area contributed by atoms with Gasteiger partial charge in [-0.25, -0.2) is 4.98 Å². The van der Waals surface area contributed by atoms with E-state index in [0.29, 0.717) is 13.1 Å². The molecule has 138 valence electrons. The van der Waals surface area contributed by atoms with Gasteiger partial charge in [-0.2, -0.15) is 0 Å². The third-order valence-electron chi connectivity index (χ3n) is 4.22. The minimum Gasteiger partial charge on any atom is -0.354 e. The van der Waals surface area contributed by atoms with Crippen LogP contribution in [0.2, 0.25) is 5.02 Å². The third-order valence-corrected chi connectivity index (χ3v) is 5.49. The van der Waals surface area contributed by atoms with E-state index >= 15 is 0 Å². The number of halogens is 1. The molecule has 1 aliphatic rings. The van der Waals surface area contributed by atoms with E-state index in [9.17, 15) is 4.79 Å². The number of rotatable bonds is 7. The van der Waals surface area contributed by atoms with Crippen LogP contribution in [0.5, 0.6) is 0 Å². The first-order valence-electron chi connectivity index (χ1n) is 8.74. The van der Waals surface area contributed by atoms with E-state index in [1.165, 1.54) is 0 Å². The Kier molecular flexibility index (Phi) is 7.17. The van der Waals surface area contributed by atoms with Crippen molar-refractivity contribution in [1.82, 2.24) is 15.2 Å². The van der Waals surface area contributed by atoms with Gasteiger partial charge in [0.2, 0.25) is 5.91 Å². The lowest BCUT2D eigenvalue weighted by molar-refractivity contribution is -0.122. The number of nitrogens with one attached hydrogen (secondary N) is 1. The number of carbonyl (C=O) groups excluding carboxylic acids is 1. The van der Waals surface area contributed by atoms with Gasteiger partial charge in [-0.05, 0) is 36.4 Å². The average molecular weight is 391 g/mol. The van der Waals surface area contributed by atoms with Crippen molar-refractivity contribution >= 4 is 35.1 Å². The molecule has 1 aromatic carbocycles. The highest BCUT2D eigenvalue weighted by atomic mass is 35.5. The van der Waals surface area contributed by atoms with Gasteiger partial charge in [-0.3, -0.25) is 9.69 Å². The first-order chi connectivity index (χ1) is 12.7. The zero-order valence-corrected chi connectivity index (χ0v) is 16.2. The summed E-state index contributed by atoms with van der Waals surface area (Å²) in [5, 5.41) is 3.74. The van der Waals surface area contributed by atoms with Gasteiger partial charge in [-0.15, -0.1) is 11.8 Å². The second kappa shape index (κ2) is 9.80. The van der Waals surface area contributed by atoms with Crippen molar-refractivity contribution in [3.63, 3.8) is 0 Å². The normalized spacial score (nSPS) is 15.0. The van der Waals surface area contributed by atoms with Gasteiger partial charge in [0, 0.05) is 54.6 Å². The van der Waals surface area contributed by atoms with Crippen LogP contribution in [0.15, 0.2) is 53.6 Å². The zero-order valence-electron chi connectivity index (χ0n) is 14.6. The first-order valence-corrected chi connectivity index (χ1v) is 10.1. The molecule has 0 bridgehead atoms. The lowest BCUT2D eigenvalue weighted by atomic mass is 10.3. The summed E-state index contributed by atoms with van der Waals surface area (Å²) >= 11 is 7.59. The molecule has 0 atom stereocenters. The Balaban J connectivity index is 1.31. The molecule has 5 nitrogen and oxygen atoms in total. The molecule has 0 unspecified atom stereocenters. The molecule has 2 aromatic rings. The lowest BCUT2D eigenvalue weighted by Crippen LogP contribution is -2.49. The second-order valence-corrected chi connectivity index (χ2v) is 7.71. The molecule has 0 saturated carbocycles. The van der Waals surface area contributed by atoms with Crippen LogP contribution in [0.1, 0.15) is 0 Å². The maximum absolute atomic E-state index is 12.1. The Morgan fingerprint density at radius 2 is 1.88 bits per heavy atom. The molecule has 1 aliphatic heterocycles. The number of amides is 1. The molecule has 26 heavy (non-hydrogen) atoms. The lowest BCUT2D eigenvalue weighted by Gasteiger charge is -2.34. The number of carbonyl (C=O) groups is 1. The van der Waals surface area contributed by atoms with Crippen molar-refractivity contribution in [2.75, 3.05) is 49.9 Å². The summed E-state index contributed by atoms with van der Waals surface area (Å²) in [6.07, 6.45) is 1.82. The second-order valence-electron chi connectivity index (χ2n) is 6.10. The smallest absolute Gasteiger partial charge is 0.234 e. The highest BCUT2D eigenvalue weighted by Crippen LogP contribution is 2.19. The van der Waals surface area contributed by atoms with Crippen LogP contribution in [-0.4, -0.2) is 60.8 Å². The van der Waals surface area contributed by atoms with Crippen LogP contribution in [0, 0.1) is 0 Å². The van der Waals surface area contributed by atoms with E-state index in [0.717, 1.165) is 47.7 Å². The molecule has 1 fully saturated rings. The van der Waals surface area contributed by atoms with Gasteiger partial charge in [0.1, 0.15) is 5.82 Å². The Bertz CT molecular complexity index is 690. The number of anilines is 1. The fraction of sp³-hybridized carbons (Fsp3) is 0.368. The van der Waals surface area contributed by atoms with Crippen LogP contribution in [-0.2, 0) is 4.79 Å². The molecule has 1 amide bonds. The maximum atomic E-state index is 12.1. The van der Waals surface area contributed by atoms with Crippen LogP contribution in [0.3, 0.4) is 0 Å². The van der Waals surface area contributed by atoms with Gasteiger partial charge in [0.05, 0.1) is 6.54 Å². The molecule has 2 heterocycles. The molecule has 3 rings (SSSR count). The monoisotopic (exact) mass is 390 g/mol. The molecule has 1 aromatic heterocycles. The fourth-order valence-electron chi connectivity index (χ4n) is 2.83. The maximum Gasteiger partial charge on any atom is 0.234 e. The van der Waals surface area contributed by atoms with E-state index in [1.54, 1.807) is 11.8 Å². The number of pyridine rings is 1. The van der Waals surface area contributed by atoms with E-state index < -0.39 is 0 Å². The Hall–Kier alpha value is -1.76. The summed E-state index contributed by atoms with van der Waals surface area (Å²) in [6, 6.07) is 13.7. The quantitative estimate of drug-likeness (QED) is 0.582. The largest absolute Gasteiger partial charge is 0.354 e. The molecule has 0 spiro atoms. The number of nitrogens with zero attached hydrogens (tertiary/aromatic N) is 3. The summed E-state index contributed by atoms with van der Waals surface area (Å²) in [5.74, 6) is 1.95. The molecule has 0 aliphatic carbocycles. The number of aromatic nitrogens is 1. The van der Waals surface area contributed by atoms with Crippen molar-refractivity contribution < 1.29 is 4.79 Å². The molecule has 1 saturated heterocycles. The van der Waals surface area contributed by atoms with Crippen LogP contribution in [0.25, 0.3) is 0 Å². The summed E-state index contributed by atoms with van der Waals surface area (Å²) in [6.45, 7) is 4.68. The Labute approximate surface area is 163 Å². The first kappa shape index (κ1) is 19.0. The summed E-state index contributed by atoms with van der Waals surface area (Å²) < 4.78 is 0. The van der Waals surface area contributed by atoms with Gasteiger partial charge < -0.3 is 10.2 Å². The number of thioether (sulfide) groups is 1. The van der Waals surface area contributed by atoms with Crippen LogP contribution in [0.4, 0.5) is 5.82 Å². The predicted molar refractivity (Wildman–Crippen MR) is 108 cm³/mol. The number of benzene rings is 1. The van der Waals surface area contributed by atoms with E-state index in [2.05, 4.69) is 20.1 Å². The highest BCUT2D eigenvalue weighted by Gasteiger charge is 2.19. The van der Waals surface area contributed by atoms with Gasteiger partial charge >= 0.3 is 0 Å². The molecule has 0 radical (unpaired) electrons. The van der Waals surface area contributed by atoms with Gasteiger partial charge in [0.25, 0.3) is 0 Å². The topological polar surface area (TPSA) is 48.5 Å². The molecule has 1 N–H and O–H groups in total. The van der Waals surface area contributed by atoms with Gasteiger partial charge in [-0.1, -0.05) is 17.7 Å². The van der Waals surface area contributed by atoms with Crippen molar-refractivity contribution in [2.24, 2.45) is 0 Å². The summed E-state index contributed by atoms with van der Waals surface area (Å²) in [4.78, 5) is 22.1. The van der Waals surface area contributed by atoms with Crippen molar-refractivity contribution in [1.29, 1.82) is 0 Å². The van der Waals surface area contributed by atoms with E-state index in [4.69, 9.17) is 11.6 Å². The molecular formula is C19H23ClN4OS. The minimum atomic E-state index is 0.0907. The SMILES string of the molecule is O=C(CN1CCN(c2ccccn2)CC1)NCCSc1ccc(Cl)cc1.